The number of anilines is 1. The molecule has 1 N–H and O–H groups in total. The molecule has 1 heterocycles. The maximum Gasteiger partial charge on any atom is 0.230 e. The van der Waals surface area contributed by atoms with E-state index in [9.17, 15) is 9.59 Å². The molecule has 20 heavy (non-hydrogen) atoms. The minimum absolute atomic E-state index is 0.0529. The van der Waals surface area contributed by atoms with Crippen LogP contribution in [0.15, 0.2) is 23.6 Å². The first kappa shape index (κ1) is 14.4. The van der Waals surface area contributed by atoms with Crippen molar-refractivity contribution in [2.75, 3.05) is 5.32 Å². The van der Waals surface area contributed by atoms with Crippen molar-refractivity contribution in [2.45, 2.75) is 27.2 Å². The average molecular weight is 288 g/mol. The van der Waals surface area contributed by atoms with Gasteiger partial charge >= 0.3 is 0 Å². The van der Waals surface area contributed by atoms with Crippen LogP contribution in [0.3, 0.4) is 0 Å². The van der Waals surface area contributed by atoms with Crippen molar-refractivity contribution in [1.29, 1.82) is 0 Å². The lowest BCUT2D eigenvalue weighted by Gasteiger charge is -2.11. The molecule has 0 saturated carbocycles. The number of Topliss-reactive ketones (excluding diaryl/α,β-unsaturated/α-hetero) is 1. The summed E-state index contributed by atoms with van der Waals surface area (Å²) in [6, 6.07) is 5.43. The van der Waals surface area contributed by atoms with Gasteiger partial charge in [-0.05, 0) is 32.4 Å². The quantitative estimate of drug-likeness (QED) is 0.879. The molecule has 0 saturated heterocycles. The number of benzene rings is 1. The van der Waals surface area contributed by atoms with Gasteiger partial charge in [-0.2, -0.15) is 0 Å². The average Bonchev–Trinajstić information content (AvgIpc) is 2.74. The number of amides is 1. The van der Waals surface area contributed by atoms with Crippen molar-refractivity contribution in [3.05, 3.63) is 45.4 Å². The molecule has 0 bridgehead atoms. The van der Waals surface area contributed by atoms with Gasteiger partial charge < -0.3 is 5.32 Å². The summed E-state index contributed by atoms with van der Waals surface area (Å²) in [5, 5.41) is 5.61. The Morgan fingerprint density at radius 2 is 2.05 bits per heavy atom. The molecule has 0 spiro atoms. The van der Waals surface area contributed by atoms with E-state index in [0.717, 1.165) is 16.3 Å². The van der Waals surface area contributed by atoms with E-state index in [0.29, 0.717) is 11.3 Å². The summed E-state index contributed by atoms with van der Waals surface area (Å²) >= 11 is 1.52. The second-order valence-electron chi connectivity index (χ2n) is 4.64. The largest absolute Gasteiger partial charge is 0.325 e. The predicted octanol–water partition coefficient (Wildman–Crippen LogP) is 3.14. The zero-order valence-electron chi connectivity index (χ0n) is 11.7. The number of hydrogen-bond donors (Lipinski definition) is 1. The van der Waals surface area contributed by atoms with Crippen LogP contribution in [-0.4, -0.2) is 16.7 Å². The number of hydrogen-bond acceptors (Lipinski definition) is 4. The summed E-state index contributed by atoms with van der Waals surface area (Å²) in [5.41, 5.74) is 2.74. The highest BCUT2D eigenvalue weighted by Crippen LogP contribution is 2.20. The Morgan fingerprint density at radius 3 is 2.65 bits per heavy atom. The molecule has 0 aliphatic rings. The van der Waals surface area contributed by atoms with E-state index in [2.05, 4.69) is 10.3 Å². The summed E-state index contributed by atoms with van der Waals surface area (Å²) in [4.78, 5) is 27.9. The van der Waals surface area contributed by atoms with Gasteiger partial charge in [0.2, 0.25) is 5.91 Å². The summed E-state index contributed by atoms with van der Waals surface area (Å²) in [5.74, 6) is -0.216. The SMILES string of the molecule is CC(=O)c1c(C)cccc1NC(=O)Cc1csc(C)n1. The van der Waals surface area contributed by atoms with Crippen molar-refractivity contribution in [1.82, 2.24) is 4.98 Å². The molecule has 0 unspecified atom stereocenters. The van der Waals surface area contributed by atoms with Gasteiger partial charge in [-0.25, -0.2) is 4.98 Å². The molecule has 2 rings (SSSR count). The number of rotatable bonds is 4. The Morgan fingerprint density at radius 1 is 1.30 bits per heavy atom. The van der Waals surface area contributed by atoms with E-state index in [1.54, 1.807) is 6.07 Å². The Labute approximate surface area is 121 Å². The fraction of sp³-hybridized carbons (Fsp3) is 0.267. The normalized spacial score (nSPS) is 10.3. The Kier molecular flexibility index (Phi) is 4.29. The number of nitrogens with one attached hydrogen (secondary N) is 1. The molecule has 5 heteroatoms. The van der Waals surface area contributed by atoms with Gasteiger partial charge in [-0.15, -0.1) is 11.3 Å². The second kappa shape index (κ2) is 5.96. The maximum atomic E-state index is 12.0. The third-order valence-corrected chi connectivity index (χ3v) is 3.73. The standard InChI is InChI=1S/C15H16N2O2S/c1-9-5-4-6-13(15(9)10(2)18)17-14(19)7-12-8-20-11(3)16-12/h4-6,8H,7H2,1-3H3,(H,17,19). The Hall–Kier alpha value is -2.01. The molecule has 1 amide bonds. The van der Waals surface area contributed by atoms with E-state index < -0.39 is 0 Å². The molecule has 0 aliphatic carbocycles. The van der Waals surface area contributed by atoms with Gasteiger partial charge in [0.1, 0.15) is 0 Å². The smallest absolute Gasteiger partial charge is 0.230 e. The van der Waals surface area contributed by atoms with Crippen LogP contribution >= 0.6 is 11.3 Å². The first-order valence-electron chi connectivity index (χ1n) is 6.29. The van der Waals surface area contributed by atoms with Crippen molar-refractivity contribution in [3.63, 3.8) is 0 Å². The van der Waals surface area contributed by atoms with E-state index in [-0.39, 0.29) is 18.1 Å². The molecular weight excluding hydrogens is 272 g/mol. The topological polar surface area (TPSA) is 59.1 Å². The zero-order valence-corrected chi connectivity index (χ0v) is 12.5. The maximum absolute atomic E-state index is 12.0. The highest BCUT2D eigenvalue weighted by molar-refractivity contribution is 7.09. The molecule has 1 aromatic heterocycles. The fourth-order valence-corrected chi connectivity index (χ4v) is 2.70. The van der Waals surface area contributed by atoms with Crippen molar-refractivity contribution < 1.29 is 9.59 Å². The van der Waals surface area contributed by atoms with Crippen LogP contribution in [0.1, 0.15) is 33.5 Å². The van der Waals surface area contributed by atoms with Crippen LogP contribution in [0.2, 0.25) is 0 Å². The van der Waals surface area contributed by atoms with Gasteiger partial charge in [-0.1, -0.05) is 12.1 Å². The zero-order chi connectivity index (χ0) is 14.7. The van der Waals surface area contributed by atoms with E-state index in [4.69, 9.17) is 0 Å². The van der Waals surface area contributed by atoms with Gasteiger partial charge in [0.05, 0.1) is 22.8 Å². The van der Waals surface area contributed by atoms with Crippen LogP contribution < -0.4 is 5.32 Å². The molecule has 1 aromatic carbocycles. The van der Waals surface area contributed by atoms with Gasteiger partial charge in [0.15, 0.2) is 5.78 Å². The lowest BCUT2D eigenvalue weighted by atomic mass is 10.0. The Balaban J connectivity index is 2.16. The first-order valence-corrected chi connectivity index (χ1v) is 7.16. The molecule has 0 aliphatic heterocycles. The second-order valence-corrected chi connectivity index (χ2v) is 5.70. The van der Waals surface area contributed by atoms with Crippen molar-refractivity contribution in [2.24, 2.45) is 0 Å². The van der Waals surface area contributed by atoms with E-state index in [1.807, 2.05) is 31.4 Å². The van der Waals surface area contributed by atoms with Crippen molar-refractivity contribution in [3.8, 4) is 0 Å². The Bertz CT molecular complexity index is 662. The summed E-state index contributed by atoms with van der Waals surface area (Å²) in [6.45, 7) is 5.26. The molecule has 2 aromatic rings. The summed E-state index contributed by atoms with van der Waals surface area (Å²) in [6.07, 6.45) is 0.218. The number of carbonyl (C=O) groups excluding carboxylic acids is 2. The number of aromatic nitrogens is 1. The van der Waals surface area contributed by atoms with Crippen LogP contribution in [0.4, 0.5) is 5.69 Å². The molecule has 0 fully saturated rings. The molecule has 0 atom stereocenters. The molecule has 104 valence electrons. The van der Waals surface area contributed by atoms with Crippen LogP contribution in [-0.2, 0) is 11.2 Å². The summed E-state index contributed by atoms with van der Waals surface area (Å²) < 4.78 is 0. The highest BCUT2D eigenvalue weighted by atomic mass is 32.1. The van der Waals surface area contributed by atoms with Gasteiger partial charge in [0.25, 0.3) is 0 Å². The van der Waals surface area contributed by atoms with E-state index in [1.165, 1.54) is 18.3 Å². The molecular formula is C15H16N2O2S. The number of nitrogens with zero attached hydrogens (tertiary/aromatic N) is 1. The van der Waals surface area contributed by atoms with Crippen LogP contribution in [0.25, 0.3) is 0 Å². The third-order valence-electron chi connectivity index (χ3n) is 2.91. The highest BCUT2D eigenvalue weighted by Gasteiger charge is 2.13. The van der Waals surface area contributed by atoms with Gasteiger partial charge in [0, 0.05) is 10.9 Å². The van der Waals surface area contributed by atoms with E-state index >= 15 is 0 Å². The first-order chi connectivity index (χ1) is 9.47. The minimum Gasteiger partial charge on any atom is -0.325 e. The summed E-state index contributed by atoms with van der Waals surface area (Å²) in [7, 11) is 0. The van der Waals surface area contributed by atoms with Gasteiger partial charge in [-0.3, -0.25) is 9.59 Å². The monoisotopic (exact) mass is 288 g/mol. The van der Waals surface area contributed by atoms with Crippen LogP contribution in [0.5, 0.6) is 0 Å². The number of carbonyl (C=O) groups is 2. The predicted molar refractivity (Wildman–Crippen MR) is 80.4 cm³/mol. The molecule has 4 nitrogen and oxygen atoms in total. The number of aryl methyl sites for hydroxylation is 2. The lowest BCUT2D eigenvalue weighted by Crippen LogP contribution is -2.17. The lowest BCUT2D eigenvalue weighted by molar-refractivity contribution is -0.115. The fourth-order valence-electron chi connectivity index (χ4n) is 2.09. The third kappa shape index (κ3) is 3.30. The number of thiazole rings is 1. The minimum atomic E-state index is -0.164. The van der Waals surface area contributed by atoms with Crippen molar-refractivity contribution >= 4 is 28.7 Å². The van der Waals surface area contributed by atoms with Crippen LogP contribution in [0, 0.1) is 13.8 Å². The molecule has 0 radical (unpaired) electrons. The number of ketones is 1.